The predicted molar refractivity (Wildman–Crippen MR) is 109 cm³/mol. The monoisotopic (exact) mass is 395 g/mol. The number of hydrogen-bond acceptors (Lipinski definition) is 3. The molecular weight excluding hydrogens is 366 g/mol. The number of carbonyl (C=O) groups excluding carboxylic acids is 3. The first-order valence-corrected chi connectivity index (χ1v) is 11.1. The summed E-state index contributed by atoms with van der Waals surface area (Å²) in [6.45, 7) is 1.92. The second-order valence-electron chi connectivity index (χ2n) is 9.09. The lowest BCUT2D eigenvalue weighted by Crippen LogP contribution is -2.48. The molecule has 29 heavy (non-hydrogen) atoms. The first kappa shape index (κ1) is 18.6. The summed E-state index contributed by atoms with van der Waals surface area (Å²) >= 11 is 0. The fraction of sp³-hybridized carbons (Fsp3) is 0.609. The van der Waals surface area contributed by atoms with Crippen molar-refractivity contribution in [2.24, 2.45) is 11.8 Å². The number of benzene rings is 1. The third kappa shape index (κ3) is 3.77. The van der Waals surface area contributed by atoms with E-state index >= 15 is 0 Å². The summed E-state index contributed by atoms with van der Waals surface area (Å²) in [4.78, 5) is 41.3. The minimum atomic E-state index is -0.290. The Balaban J connectivity index is 1.15. The van der Waals surface area contributed by atoms with Crippen LogP contribution in [0.5, 0.6) is 0 Å². The van der Waals surface area contributed by atoms with E-state index < -0.39 is 0 Å². The van der Waals surface area contributed by atoms with Crippen molar-refractivity contribution in [2.75, 3.05) is 24.5 Å². The minimum Gasteiger partial charge on any atom is -0.353 e. The van der Waals surface area contributed by atoms with Crippen molar-refractivity contribution in [3.63, 3.8) is 0 Å². The number of carbonyl (C=O) groups is 3. The Hall–Kier alpha value is -2.37. The predicted octanol–water partition coefficient (Wildman–Crippen LogP) is 2.05. The van der Waals surface area contributed by atoms with Gasteiger partial charge in [-0.25, -0.2) is 0 Å². The molecule has 3 fully saturated rings. The van der Waals surface area contributed by atoms with Crippen LogP contribution in [0.2, 0.25) is 0 Å². The maximum absolute atomic E-state index is 12.8. The van der Waals surface area contributed by atoms with E-state index in [0.717, 1.165) is 57.3 Å². The molecule has 0 unspecified atom stereocenters. The quantitative estimate of drug-likeness (QED) is 0.848. The maximum atomic E-state index is 12.8. The minimum absolute atomic E-state index is 0.0195. The van der Waals surface area contributed by atoms with Crippen LogP contribution in [-0.4, -0.2) is 48.3 Å². The number of likely N-dealkylation sites (tertiary alicyclic amines) is 1. The van der Waals surface area contributed by atoms with E-state index in [0.29, 0.717) is 12.5 Å². The Morgan fingerprint density at radius 2 is 1.72 bits per heavy atom. The molecule has 154 valence electrons. The van der Waals surface area contributed by atoms with Crippen LogP contribution in [0.4, 0.5) is 5.69 Å². The average Bonchev–Trinajstić information content (AvgIpc) is 3.35. The van der Waals surface area contributed by atoms with Crippen molar-refractivity contribution in [2.45, 2.75) is 57.4 Å². The van der Waals surface area contributed by atoms with Crippen LogP contribution in [0.15, 0.2) is 18.2 Å². The Kier molecular flexibility index (Phi) is 4.80. The Morgan fingerprint density at radius 1 is 0.966 bits per heavy atom. The molecule has 0 spiro atoms. The summed E-state index contributed by atoms with van der Waals surface area (Å²) in [7, 11) is 0. The molecule has 0 bridgehead atoms. The van der Waals surface area contributed by atoms with Crippen molar-refractivity contribution >= 4 is 23.4 Å². The third-order valence-electron chi connectivity index (χ3n) is 6.97. The fourth-order valence-electron chi connectivity index (χ4n) is 5.01. The maximum Gasteiger partial charge on any atom is 0.227 e. The lowest BCUT2D eigenvalue weighted by molar-refractivity contribution is -0.134. The molecule has 1 aromatic carbocycles. The van der Waals surface area contributed by atoms with Crippen molar-refractivity contribution in [3.05, 3.63) is 29.3 Å². The van der Waals surface area contributed by atoms with Gasteiger partial charge < -0.3 is 15.1 Å². The molecule has 1 saturated carbocycles. The number of nitrogens with one attached hydrogen (secondary N) is 1. The van der Waals surface area contributed by atoms with Crippen LogP contribution in [-0.2, 0) is 27.2 Å². The number of anilines is 1. The van der Waals surface area contributed by atoms with Gasteiger partial charge in [0.25, 0.3) is 0 Å². The van der Waals surface area contributed by atoms with Gasteiger partial charge >= 0.3 is 0 Å². The van der Waals surface area contributed by atoms with Crippen LogP contribution in [0.3, 0.4) is 0 Å². The molecule has 3 amide bonds. The van der Waals surface area contributed by atoms with Crippen LogP contribution in [0.25, 0.3) is 0 Å². The topological polar surface area (TPSA) is 69.7 Å². The lowest BCUT2D eigenvalue weighted by Gasteiger charge is -2.33. The summed E-state index contributed by atoms with van der Waals surface area (Å²) in [5.74, 6) is 0.279. The Morgan fingerprint density at radius 3 is 2.48 bits per heavy atom. The molecular formula is C23H29N3O3. The van der Waals surface area contributed by atoms with E-state index in [9.17, 15) is 14.4 Å². The molecule has 6 nitrogen and oxygen atoms in total. The zero-order valence-corrected chi connectivity index (χ0v) is 16.9. The lowest BCUT2D eigenvalue weighted by atomic mass is 10.0. The van der Waals surface area contributed by atoms with E-state index in [1.165, 1.54) is 17.5 Å². The van der Waals surface area contributed by atoms with Crippen molar-refractivity contribution in [1.82, 2.24) is 10.2 Å². The van der Waals surface area contributed by atoms with Crippen LogP contribution in [0, 0.1) is 11.8 Å². The molecule has 1 aromatic rings. The summed E-state index contributed by atoms with van der Waals surface area (Å²) in [5, 5.41) is 3.14. The van der Waals surface area contributed by atoms with Crippen LogP contribution in [0.1, 0.15) is 49.7 Å². The molecule has 1 atom stereocenters. The normalized spacial score (nSPS) is 24.7. The first-order chi connectivity index (χ1) is 14.1. The van der Waals surface area contributed by atoms with Gasteiger partial charge in [-0.1, -0.05) is 6.07 Å². The second-order valence-corrected chi connectivity index (χ2v) is 9.09. The van der Waals surface area contributed by atoms with E-state index in [2.05, 4.69) is 17.4 Å². The van der Waals surface area contributed by atoms with Crippen molar-refractivity contribution < 1.29 is 14.4 Å². The SMILES string of the molecule is O=C(NC1CCN(C(=O)C2CC2)CC1)[C@@H]1CC(=O)N(c2ccc3c(c2)CCC3)C1. The van der Waals surface area contributed by atoms with Crippen molar-refractivity contribution in [1.29, 1.82) is 0 Å². The van der Waals surface area contributed by atoms with Crippen molar-refractivity contribution in [3.8, 4) is 0 Å². The van der Waals surface area contributed by atoms with Gasteiger partial charge in [0.05, 0.1) is 5.92 Å². The largest absolute Gasteiger partial charge is 0.353 e. The highest BCUT2D eigenvalue weighted by Crippen LogP contribution is 2.32. The molecule has 2 aliphatic heterocycles. The third-order valence-corrected chi connectivity index (χ3v) is 6.97. The number of aryl methyl sites for hydroxylation is 2. The first-order valence-electron chi connectivity index (χ1n) is 11.1. The highest BCUT2D eigenvalue weighted by atomic mass is 16.2. The average molecular weight is 396 g/mol. The number of rotatable bonds is 4. The highest BCUT2D eigenvalue weighted by Gasteiger charge is 2.38. The summed E-state index contributed by atoms with van der Waals surface area (Å²) < 4.78 is 0. The zero-order valence-electron chi connectivity index (χ0n) is 16.9. The molecule has 2 heterocycles. The highest BCUT2D eigenvalue weighted by molar-refractivity contribution is 6.00. The van der Waals surface area contributed by atoms with Gasteiger partial charge in [0.1, 0.15) is 0 Å². The van der Waals surface area contributed by atoms with Crippen LogP contribution < -0.4 is 10.2 Å². The second kappa shape index (κ2) is 7.47. The van der Waals surface area contributed by atoms with Gasteiger partial charge in [-0.2, -0.15) is 0 Å². The molecule has 2 saturated heterocycles. The van der Waals surface area contributed by atoms with Gasteiger partial charge in [-0.3, -0.25) is 14.4 Å². The number of nitrogens with zero attached hydrogens (tertiary/aromatic N) is 2. The van der Waals surface area contributed by atoms with E-state index in [-0.39, 0.29) is 36.1 Å². The van der Waals surface area contributed by atoms with Gasteiger partial charge in [0, 0.05) is 43.7 Å². The van der Waals surface area contributed by atoms with E-state index in [1.54, 1.807) is 4.90 Å². The molecule has 6 heteroatoms. The number of fused-ring (bicyclic) bond motifs is 1. The number of piperidine rings is 1. The zero-order chi connectivity index (χ0) is 20.0. The molecule has 1 N–H and O–H groups in total. The molecule has 0 aromatic heterocycles. The molecule has 4 aliphatic rings. The number of hydrogen-bond donors (Lipinski definition) is 1. The standard InChI is InChI=1S/C23H29N3O3/c27-21-13-18(14-26(21)20-7-6-15-2-1-3-17(15)12-20)22(28)24-19-8-10-25(11-9-19)23(29)16-4-5-16/h6-7,12,16,18-19H,1-5,8-11,13-14H2,(H,24,28)/t18-/m1/s1. The Bertz CT molecular complexity index is 840. The fourth-order valence-corrected chi connectivity index (χ4v) is 5.01. The van der Waals surface area contributed by atoms with Crippen LogP contribution >= 0.6 is 0 Å². The van der Waals surface area contributed by atoms with E-state index in [4.69, 9.17) is 0 Å². The summed E-state index contributed by atoms with van der Waals surface area (Å²) in [5.41, 5.74) is 3.66. The van der Waals surface area contributed by atoms with E-state index in [1.807, 2.05) is 11.0 Å². The molecule has 2 aliphatic carbocycles. The molecule has 5 rings (SSSR count). The van der Waals surface area contributed by atoms with Gasteiger partial charge in [-0.15, -0.1) is 0 Å². The number of amides is 3. The van der Waals surface area contributed by atoms with Gasteiger partial charge in [0.15, 0.2) is 0 Å². The smallest absolute Gasteiger partial charge is 0.227 e. The summed E-state index contributed by atoms with van der Waals surface area (Å²) in [6, 6.07) is 6.40. The van der Waals surface area contributed by atoms with Gasteiger partial charge in [-0.05, 0) is 68.2 Å². The summed E-state index contributed by atoms with van der Waals surface area (Å²) in [6.07, 6.45) is 7.35. The van der Waals surface area contributed by atoms with Gasteiger partial charge in [0.2, 0.25) is 17.7 Å². The Labute approximate surface area is 171 Å². The molecule has 0 radical (unpaired) electrons.